The third kappa shape index (κ3) is 2.88. The van der Waals surface area contributed by atoms with E-state index in [9.17, 15) is 13.2 Å². The third-order valence-corrected chi connectivity index (χ3v) is 7.37. The molecule has 25 heavy (non-hydrogen) atoms. The van der Waals surface area contributed by atoms with Gasteiger partial charge in [-0.25, -0.2) is 13.4 Å². The largest absolute Gasteiger partial charge is 0.372 e. The van der Waals surface area contributed by atoms with Crippen molar-refractivity contribution in [3.63, 3.8) is 0 Å². The van der Waals surface area contributed by atoms with Crippen LogP contribution in [0.1, 0.15) is 25.7 Å². The van der Waals surface area contributed by atoms with E-state index in [-0.39, 0.29) is 16.5 Å². The smallest absolute Gasteiger partial charge is 0.262 e. The number of amides is 1. The molecule has 4 rings (SSSR count). The summed E-state index contributed by atoms with van der Waals surface area (Å²) in [5, 5.41) is 0.0852. The van der Waals surface area contributed by atoms with Crippen LogP contribution < -0.4 is 0 Å². The molecule has 0 N–H and O–H groups in total. The fourth-order valence-corrected chi connectivity index (χ4v) is 5.69. The van der Waals surface area contributed by atoms with E-state index in [0.717, 1.165) is 32.4 Å². The molecule has 0 saturated carbocycles. The van der Waals surface area contributed by atoms with Gasteiger partial charge in [0, 0.05) is 52.5 Å². The van der Waals surface area contributed by atoms with Crippen molar-refractivity contribution >= 4 is 15.9 Å². The van der Waals surface area contributed by atoms with E-state index in [4.69, 9.17) is 4.74 Å². The van der Waals surface area contributed by atoms with Gasteiger partial charge in [0.05, 0.1) is 11.9 Å². The highest BCUT2D eigenvalue weighted by Crippen LogP contribution is 2.43. The van der Waals surface area contributed by atoms with Gasteiger partial charge in [0.1, 0.15) is 0 Å². The number of hydrogen-bond donors (Lipinski definition) is 0. The maximum atomic E-state index is 12.6. The van der Waals surface area contributed by atoms with E-state index in [1.54, 1.807) is 11.6 Å². The number of rotatable bonds is 5. The maximum Gasteiger partial charge on any atom is 0.262 e. The zero-order valence-electron chi connectivity index (χ0n) is 14.4. The van der Waals surface area contributed by atoms with Crippen molar-refractivity contribution in [1.29, 1.82) is 0 Å². The minimum Gasteiger partial charge on any atom is -0.372 e. The average molecular weight is 368 g/mol. The van der Waals surface area contributed by atoms with E-state index >= 15 is 0 Å². The molecule has 3 aliphatic rings. The molecule has 1 atom stereocenters. The van der Waals surface area contributed by atoms with Crippen molar-refractivity contribution in [2.45, 2.75) is 36.3 Å². The molecule has 3 aliphatic heterocycles. The number of carbonyl (C=O) groups excluding carboxylic acids is 1. The minimum absolute atomic E-state index is 0.0852. The van der Waals surface area contributed by atoms with Crippen LogP contribution >= 0.6 is 0 Å². The van der Waals surface area contributed by atoms with Crippen LogP contribution in [0.5, 0.6) is 0 Å². The first-order chi connectivity index (χ1) is 11.9. The summed E-state index contributed by atoms with van der Waals surface area (Å²) in [4.78, 5) is 17.7. The summed E-state index contributed by atoms with van der Waals surface area (Å²) in [5.41, 5.74) is -0.384. The van der Waals surface area contributed by atoms with Gasteiger partial charge in [-0.2, -0.15) is 4.31 Å². The van der Waals surface area contributed by atoms with Crippen molar-refractivity contribution in [2.24, 2.45) is 13.0 Å². The van der Waals surface area contributed by atoms with E-state index < -0.39 is 10.0 Å². The summed E-state index contributed by atoms with van der Waals surface area (Å²) in [5.74, 6) is 0.539. The Balaban J connectivity index is 1.39. The van der Waals surface area contributed by atoms with Crippen LogP contribution in [0.4, 0.5) is 0 Å². The molecule has 1 aromatic rings. The third-order valence-electron chi connectivity index (χ3n) is 5.69. The van der Waals surface area contributed by atoms with E-state index in [2.05, 4.69) is 4.98 Å². The number of likely N-dealkylation sites (tertiary alicyclic amines) is 1. The van der Waals surface area contributed by atoms with Gasteiger partial charge in [0.2, 0.25) is 5.91 Å². The van der Waals surface area contributed by atoms with Gasteiger partial charge in [-0.05, 0) is 25.2 Å². The topological polar surface area (TPSA) is 84.7 Å². The van der Waals surface area contributed by atoms with Gasteiger partial charge in [-0.3, -0.25) is 4.79 Å². The van der Waals surface area contributed by atoms with E-state index in [1.165, 1.54) is 16.8 Å². The second-order valence-electron chi connectivity index (χ2n) is 7.32. The quantitative estimate of drug-likeness (QED) is 0.742. The first-order valence-corrected chi connectivity index (χ1v) is 10.2. The number of ether oxygens (including phenoxy) is 1. The second-order valence-corrected chi connectivity index (χ2v) is 9.21. The van der Waals surface area contributed by atoms with Crippen LogP contribution in [0.2, 0.25) is 0 Å². The number of aryl methyl sites for hydroxylation is 1. The lowest BCUT2D eigenvalue weighted by molar-refractivity contribution is -0.128. The predicted molar refractivity (Wildman–Crippen MR) is 89.2 cm³/mol. The fourth-order valence-electron chi connectivity index (χ4n) is 4.17. The molecule has 0 aliphatic carbocycles. The molecule has 0 aromatic carbocycles. The van der Waals surface area contributed by atoms with Gasteiger partial charge in [0.25, 0.3) is 10.0 Å². The van der Waals surface area contributed by atoms with Crippen molar-refractivity contribution in [2.75, 3.05) is 32.8 Å². The monoisotopic (exact) mass is 368 g/mol. The molecule has 3 fully saturated rings. The Morgan fingerprint density at radius 3 is 2.84 bits per heavy atom. The van der Waals surface area contributed by atoms with Gasteiger partial charge < -0.3 is 14.2 Å². The van der Waals surface area contributed by atoms with E-state index in [1.807, 2.05) is 4.90 Å². The Hall–Kier alpha value is -1.45. The van der Waals surface area contributed by atoms with Gasteiger partial charge in [0.15, 0.2) is 5.03 Å². The van der Waals surface area contributed by atoms with Crippen LogP contribution in [0, 0.1) is 5.92 Å². The number of carbonyl (C=O) groups is 1. The molecule has 3 saturated heterocycles. The molecular weight excluding hydrogens is 344 g/mol. The Bertz CT molecular complexity index is 769. The normalized spacial score (nSPS) is 26.5. The molecule has 1 spiro atoms. The standard InChI is InChI=1S/C16H24N4O4S/c1-18-9-14(17-12-18)25(22,23)20-10-16(11-20)13(5-8-24-16)4-7-19-6-2-3-15(19)21/h9,12-13H,2-8,10-11H2,1H3. The molecule has 1 aromatic heterocycles. The molecule has 0 radical (unpaired) electrons. The highest BCUT2D eigenvalue weighted by atomic mass is 32.2. The van der Waals surface area contributed by atoms with Gasteiger partial charge in [-0.15, -0.1) is 0 Å². The lowest BCUT2D eigenvalue weighted by Crippen LogP contribution is -2.66. The Kier molecular flexibility index (Phi) is 4.12. The molecule has 1 unspecified atom stereocenters. The van der Waals surface area contributed by atoms with E-state index in [0.29, 0.717) is 32.0 Å². The first kappa shape index (κ1) is 17.0. The fraction of sp³-hybridized carbons (Fsp3) is 0.750. The number of imidazole rings is 1. The molecule has 138 valence electrons. The SMILES string of the molecule is Cn1cnc(S(=O)(=O)N2CC3(C2)OCCC3CCN2CCCC2=O)c1. The molecule has 0 bridgehead atoms. The number of nitrogens with zero attached hydrogens (tertiary/aromatic N) is 4. The zero-order valence-corrected chi connectivity index (χ0v) is 15.2. The number of hydrogen-bond acceptors (Lipinski definition) is 5. The van der Waals surface area contributed by atoms with Crippen LogP contribution in [0.3, 0.4) is 0 Å². The highest BCUT2D eigenvalue weighted by Gasteiger charge is 2.56. The molecular formula is C16H24N4O4S. The lowest BCUT2D eigenvalue weighted by Gasteiger charge is -2.49. The van der Waals surface area contributed by atoms with Gasteiger partial charge >= 0.3 is 0 Å². The van der Waals surface area contributed by atoms with Crippen molar-refractivity contribution in [3.8, 4) is 0 Å². The summed E-state index contributed by atoms with van der Waals surface area (Å²) in [6.07, 6.45) is 6.42. The van der Waals surface area contributed by atoms with Gasteiger partial charge in [-0.1, -0.05) is 0 Å². The average Bonchev–Trinajstić information content (AvgIpc) is 3.23. The van der Waals surface area contributed by atoms with Crippen LogP contribution in [0.15, 0.2) is 17.6 Å². The van der Waals surface area contributed by atoms with Crippen molar-refractivity contribution in [3.05, 3.63) is 12.5 Å². The summed E-state index contributed by atoms with van der Waals surface area (Å²) < 4.78 is 34.3. The molecule has 8 nitrogen and oxygen atoms in total. The Morgan fingerprint density at radius 2 is 2.20 bits per heavy atom. The summed E-state index contributed by atoms with van der Waals surface area (Å²) >= 11 is 0. The highest BCUT2D eigenvalue weighted by molar-refractivity contribution is 7.89. The zero-order chi connectivity index (χ0) is 17.7. The summed E-state index contributed by atoms with van der Waals surface area (Å²) in [6.45, 7) is 3.02. The summed E-state index contributed by atoms with van der Waals surface area (Å²) in [6, 6.07) is 0. The van der Waals surface area contributed by atoms with Crippen molar-refractivity contribution in [1.82, 2.24) is 18.8 Å². The summed E-state index contributed by atoms with van der Waals surface area (Å²) in [7, 11) is -1.80. The van der Waals surface area contributed by atoms with Crippen molar-refractivity contribution < 1.29 is 17.9 Å². The maximum absolute atomic E-state index is 12.6. The Labute approximate surface area is 147 Å². The Morgan fingerprint density at radius 1 is 1.40 bits per heavy atom. The predicted octanol–water partition coefficient (Wildman–Crippen LogP) is 0.212. The van der Waals surface area contributed by atoms with Crippen LogP contribution in [-0.2, 0) is 26.6 Å². The number of sulfonamides is 1. The van der Waals surface area contributed by atoms with Crippen LogP contribution in [0.25, 0.3) is 0 Å². The molecule has 1 amide bonds. The first-order valence-electron chi connectivity index (χ1n) is 8.81. The molecule has 9 heteroatoms. The van der Waals surface area contributed by atoms with Crippen LogP contribution in [-0.4, -0.2) is 71.5 Å². The molecule has 4 heterocycles. The second kappa shape index (κ2) is 6.07. The number of aromatic nitrogens is 2. The minimum atomic E-state index is -3.55. The lowest BCUT2D eigenvalue weighted by atomic mass is 9.80.